The number of fused-ring (bicyclic) bond motifs is 1. The molecule has 3 N–H and O–H groups in total. The highest BCUT2D eigenvalue weighted by molar-refractivity contribution is 5.98. The Morgan fingerprint density at radius 2 is 1.95 bits per heavy atom. The van der Waals surface area contributed by atoms with E-state index < -0.39 is 0 Å². The number of imidazole rings is 1. The molecule has 8 heteroatoms. The lowest BCUT2D eigenvalue weighted by Gasteiger charge is -2.33. The second kappa shape index (κ2) is 11.2. The highest BCUT2D eigenvalue weighted by atomic mass is 16.5. The Morgan fingerprint density at radius 1 is 1.07 bits per heavy atom. The molecular formula is C32H31N5O3. The third kappa shape index (κ3) is 5.39. The van der Waals surface area contributed by atoms with Gasteiger partial charge in [0.05, 0.1) is 23.7 Å². The third-order valence-electron chi connectivity index (χ3n) is 7.36. The second-order valence-electron chi connectivity index (χ2n) is 10.1. The Bertz CT molecular complexity index is 1650. The average Bonchev–Trinajstić information content (AvgIpc) is 3.41. The number of nitrogens with one attached hydrogen (secondary N) is 2. The Morgan fingerprint density at radius 3 is 2.80 bits per heavy atom. The number of H-pyrrole nitrogens is 1. The first-order valence-corrected chi connectivity index (χ1v) is 13.5. The van der Waals surface area contributed by atoms with Crippen molar-refractivity contribution < 1.29 is 14.6 Å². The van der Waals surface area contributed by atoms with Gasteiger partial charge in [0.1, 0.15) is 11.6 Å². The van der Waals surface area contributed by atoms with E-state index in [0.29, 0.717) is 28.3 Å². The number of aromatic hydroxyl groups is 1. The van der Waals surface area contributed by atoms with E-state index >= 15 is 0 Å². The summed E-state index contributed by atoms with van der Waals surface area (Å²) in [6.07, 6.45) is 3.69. The molecule has 1 saturated heterocycles. The number of rotatable bonds is 7. The van der Waals surface area contributed by atoms with Crippen LogP contribution in [-0.4, -0.2) is 57.1 Å². The molecule has 1 unspecified atom stereocenters. The maximum Gasteiger partial charge on any atom is 0.251 e. The molecule has 1 amide bonds. The molecule has 202 valence electrons. The SMILES string of the molecule is COc1ncccc1-c1ccc(O)c(-c2nc3ccc(C(=O)NC4CCCN(Cc5ccccc5)C4)cc3[nH]2)c1. The molecule has 5 aromatic rings. The standard InChI is InChI=1S/C32H31N5O3/c1-40-32-25(10-5-15-33-32)22-12-14-29(38)26(17-22)30-35-27-13-11-23(18-28(27)36-30)31(39)34-24-9-6-16-37(20-24)19-21-7-3-2-4-8-21/h2-5,7-8,10-15,17-18,24,38H,6,9,16,19-20H2,1H3,(H,34,39)(H,35,36). The summed E-state index contributed by atoms with van der Waals surface area (Å²) in [6, 6.07) is 25.0. The van der Waals surface area contributed by atoms with Gasteiger partial charge in [-0.1, -0.05) is 36.4 Å². The summed E-state index contributed by atoms with van der Waals surface area (Å²) >= 11 is 0. The summed E-state index contributed by atoms with van der Waals surface area (Å²) in [6.45, 7) is 2.75. The van der Waals surface area contributed by atoms with Gasteiger partial charge in [0.25, 0.3) is 5.91 Å². The second-order valence-corrected chi connectivity index (χ2v) is 10.1. The summed E-state index contributed by atoms with van der Waals surface area (Å²) in [4.78, 5) is 27.8. The van der Waals surface area contributed by atoms with Crippen molar-refractivity contribution in [3.05, 3.63) is 96.2 Å². The van der Waals surface area contributed by atoms with E-state index in [0.717, 1.165) is 49.1 Å². The fraction of sp³-hybridized carbons (Fsp3) is 0.219. The number of carbonyl (C=O) groups is 1. The van der Waals surface area contributed by atoms with Crippen LogP contribution in [0, 0.1) is 0 Å². The van der Waals surface area contributed by atoms with Crippen molar-refractivity contribution in [3.63, 3.8) is 0 Å². The van der Waals surface area contributed by atoms with E-state index in [9.17, 15) is 9.90 Å². The van der Waals surface area contributed by atoms with Crippen molar-refractivity contribution in [2.24, 2.45) is 0 Å². The van der Waals surface area contributed by atoms with Gasteiger partial charge < -0.3 is 20.1 Å². The zero-order chi connectivity index (χ0) is 27.5. The molecular weight excluding hydrogens is 502 g/mol. The molecule has 0 spiro atoms. The normalized spacial score (nSPS) is 15.7. The lowest BCUT2D eigenvalue weighted by atomic mass is 10.0. The smallest absolute Gasteiger partial charge is 0.251 e. The lowest BCUT2D eigenvalue weighted by molar-refractivity contribution is 0.0901. The summed E-state index contributed by atoms with van der Waals surface area (Å²) < 4.78 is 5.41. The fourth-order valence-electron chi connectivity index (χ4n) is 5.37. The first kappa shape index (κ1) is 25.6. The number of piperidine rings is 1. The average molecular weight is 534 g/mol. The monoisotopic (exact) mass is 533 g/mol. The van der Waals surface area contributed by atoms with Crippen LogP contribution in [0.25, 0.3) is 33.5 Å². The predicted octanol–water partition coefficient (Wildman–Crippen LogP) is 5.40. The number of carbonyl (C=O) groups excluding carboxylic acids is 1. The molecule has 1 atom stereocenters. The zero-order valence-corrected chi connectivity index (χ0v) is 22.3. The van der Waals surface area contributed by atoms with Gasteiger partial charge in [0, 0.05) is 36.5 Å². The van der Waals surface area contributed by atoms with Crippen LogP contribution < -0.4 is 10.1 Å². The van der Waals surface area contributed by atoms with Crippen molar-refractivity contribution in [2.75, 3.05) is 20.2 Å². The molecule has 1 fully saturated rings. The molecule has 6 rings (SSSR count). The van der Waals surface area contributed by atoms with Gasteiger partial charge in [-0.3, -0.25) is 9.69 Å². The van der Waals surface area contributed by atoms with Gasteiger partial charge in [-0.15, -0.1) is 0 Å². The summed E-state index contributed by atoms with van der Waals surface area (Å²) in [7, 11) is 1.58. The van der Waals surface area contributed by atoms with E-state index in [1.54, 1.807) is 25.4 Å². The van der Waals surface area contributed by atoms with Crippen LogP contribution in [0.4, 0.5) is 0 Å². The molecule has 0 aliphatic carbocycles. The Balaban J connectivity index is 1.19. The number of phenolic OH excluding ortho intramolecular Hbond substituents is 1. The van der Waals surface area contributed by atoms with Crippen LogP contribution in [0.15, 0.2) is 85.1 Å². The molecule has 0 saturated carbocycles. The highest BCUT2D eigenvalue weighted by Crippen LogP contribution is 2.35. The minimum atomic E-state index is -0.0990. The zero-order valence-electron chi connectivity index (χ0n) is 22.3. The quantitative estimate of drug-likeness (QED) is 0.259. The molecule has 0 radical (unpaired) electrons. The van der Waals surface area contributed by atoms with Crippen molar-refractivity contribution in [1.82, 2.24) is 25.2 Å². The minimum Gasteiger partial charge on any atom is -0.507 e. The minimum absolute atomic E-state index is 0.0981. The first-order valence-electron chi connectivity index (χ1n) is 13.5. The molecule has 2 aromatic heterocycles. The van der Waals surface area contributed by atoms with Crippen LogP contribution in [0.3, 0.4) is 0 Å². The van der Waals surface area contributed by atoms with E-state index in [-0.39, 0.29) is 17.7 Å². The topological polar surface area (TPSA) is 103 Å². The number of benzene rings is 3. The highest BCUT2D eigenvalue weighted by Gasteiger charge is 2.22. The molecule has 1 aliphatic rings. The Labute approximate surface area is 232 Å². The summed E-state index contributed by atoms with van der Waals surface area (Å²) in [5.74, 6) is 1.01. The van der Waals surface area contributed by atoms with Crippen LogP contribution in [-0.2, 0) is 6.54 Å². The molecule has 8 nitrogen and oxygen atoms in total. The van der Waals surface area contributed by atoms with Gasteiger partial charge in [-0.05, 0) is 73.0 Å². The molecule has 40 heavy (non-hydrogen) atoms. The number of likely N-dealkylation sites (tertiary alicyclic amines) is 1. The van der Waals surface area contributed by atoms with Crippen LogP contribution in [0.5, 0.6) is 11.6 Å². The van der Waals surface area contributed by atoms with Crippen LogP contribution in [0.2, 0.25) is 0 Å². The fourth-order valence-corrected chi connectivity index (χ4v) is 5.37. The predicted molar refractivity (Wildman–Crippen MR) is 155 cm³/mol. The van der Waals surface area contributed by atoms with Gasteiger partial charge >= 0.3 is 0 Å². The van der Waals surface area contributed by atoms with Crippen molar-refractivity contribution in [3.8, 4) is 34.1 Å². The van der Waals surface area contributed by atoms with Crippen LogP contribution >= 0.6 is 0 Å². The van der Waals surface area contributed by atoms with Crippen LogP contribution in [0.1, 0.15) is 28.8 Å². The Hall–Kier alpha value is -4.69. The summed E-state index contributed by atoms with van der Waals surface area (Å²) in [5, 5.41) is 13.9. The maximum absolute atomic E-state index is 13.2. The van der Waals surface area contributed by atoms with E-state index in [1.165, 1.54) is 5.56 Å². The first-order chi connectivity index (χ1) is 19.6. The number of aromatic amines is 1. The Kier molecular flexibility index (Phi) is 7.16. The van der Waals surface area contributed by atoms with E-state index in [1.807, 2.05) is 42.5 Å². The van der Waals surface area contributed by atoms with E-state index in [4.69, 9.17) is 4.74 Å². The van der Waals surface area contributed by atoms with E-state index in [2.05, 4.69) is 49.4 Å². The number of methoxy groups -OCH3 is 1. The van der Waals surface area contributed by atoms with Gasteiger partial charge in [0.15, 0.2) is 0 Å². The van der Waals surface area contributed by atoms with Gasteiger partial charge in [0.2, 0.25) is 5.88 Å². The van der Waals surface area contributed by atoms with Gasteiger partial charge in [-0.25, -0.2) is 9.97 Å². The molecule has 1 aliphatic heterocycles. The van der Waals surface area contributed by atoms with Crippen molar-refractivity contribution in [1.29, 1.82) is 0 Å². The summed E-state index contributed by atoms with van der Waals surface area (Å²) in [5.41, 5.74) is 5.49. The largest absolute Gasteiger partial charge is 0.507 e. The number of ether oxygens (including phenoxy) is 1. The number of phenols is 1. The lowest BCUT2D eigenvalue weighted by Crippen LogP contribution is -2.47. The number of hydrogen-bond donors (Lipinski definition) is 3. The number of nitrogens with zero attached hydrogens (tertiary/aromatic N) is 3. The molecule has 0 bridgehead atoms. The van der Waals surface area contributed by atoms with Crippen molar-refractivity contribution >= 4 is 16.9 Å². The number of amides is 1. The molecule has 3 heterocycles. The number of hydrogen-bond acceptors (Lipinski definition) is 6. The van der Waals surface area contributed by atoms with Gasteiger partial charge in [-0.2, -0.15) is 0 Å². The third-order valence-corrected chi connectivity index (χ3v) is 7.36. The maximum atomic E-state index is 13.2. The number of pyridine rings is 1. The number of aromatic nitrogens is 3. The molecule has 3 aromatic carbocycles. The van der Waals surface area contributed by atoms with Crippen molar-refractivity contribution in [2.45, 2.75) is 25.4 Å².